The van der Waals surface area contributed by atoms with E-state index in [9.17, 15) is 14.4 Å². The molecule has 1 unspecified atom stereocenters. The van der Waals surface area contributed by atoms with Crippen molar-refractivity contribution in [3.63, 3.8) is 0 Å². The van der Waals surface area contributed by atoms with Crippen LogP contribution in [-0.2, 0) is 20.9 Å². The Bertz CT molecular complexity index is 1680. The Morgan fingerprint density at radius 3 is 2.37 bits per heavy atom. The summed E-state index contributed by atoms with van der Waals surface area (Å²) in [5, 5.41) is 0. The van der Waals surface area contributed by atoms with E-state index < -0.39 is 11.9 Å². The van der Waals surface area contributed by atoms with Gasteiger partial charge in [-0.2, -0.15) is 0 Å². The summed E-state index contributed by atoms with van der Waals surface area (Å²) in [6.07, 6.45) is -0.116. The molecule has 0 bridgehead atoms. The second-order valence-corrected chi connectivity index (χ2v) is 9.93. The number of oxazole rings is 1. The molecule has 1 aromatic heterocycles. The highest BCUT2D eigenvalue weighted by Crippen LogP contribution is 2.30. The average molecular weight is 546 g/mol. The third-order valence-corrected chi connectivity index (χ3v) is 7.06. The minimum absolute atomic E-state index is 0.116. The smallest absolute Gasteiger partial charge is 0.261 e. The summed E-state index contributed by atoms with van der Waals surface area (Å²) in [4.78, 5) is 47.4. The molecule has 1 atom stereocenters. The molecule has 2 heterocycles. The lowest BCUT2D eigenvalue weighted by molar-refractivity contribution is -0.140. The first-order valence-electron chi connectivity index (χ1n) is 13.3. The van der Waals surface area contributed by atoms with Crippen molar-refractivity contribution in [2.75, 3.05) is 11.5 Å². The number of imide groups is 1. The monoisotopic (exact) mass is 545 g/mol. The lowest BCUT2D eigenvalue weighted by Gasteiger charge is -2.28. The van der Waals surface area contributed by atoms with Gasteiger partial charge < -0.3 is 14.1 Å². The summed E-state index contributed by atoms with van der Waals surface area (Å²) in [5.41, 5.74) is 4.49. The number of carbonyl (C=O) groups excluding carboxylic acids is 3. The van der Waals surface area contributed by atoms with Gasteiger partial charge in [-0.15, -0.1) is 0 Å². The quantitative estimate of drug-likeness (QED) is 0.238. The van der Waals surface area contributed by atoms with Crippen molar-refractivity contribution in [2.45, 2.75) is 25.9 Å². The van der Waals surface area contributed by atoms with E-state index in [-0.39, 0.29) is 31.4 Å². The van der Waals surface area contributed by atoms with Gasteiger partial charge in [0.25, 0.3) is 11.8 Å². The summed E-state index contributed by atoms with van der Waals surface area (Å²) in [5.74, 6) is -0.215. The number of anilines is 1. The molecule has 8 heteroatoms. The Morgan fingerprint density at radius 1 is 0.927 bits per heavy atom. The van der Waals surface area contributed by atoms with Crippen LogP contribution in [0.25, 0.3) is 22.6 Å². The van der Waals surface area contributed by atoms with Crippen LogP contribution in [0.2, 0.25) is 0 Å². The maximum atomic E-state index is 13.7. The molecule has 1 saturated heterocycles. The van der Waals surface area contributed by atoms with Gasteiger partial charge in [0.15, 0.2) is 12.2 Å². The summed E-state index contributed by atoms with van der Waals surface area (Å²) in [6.45, 7) is 1.89. The number of hydrogen-bond acceptors (Lipinski definition) is 6. The highest BCUT2D eigenvalue weighted by Gasteiger charge is 2.44. The number of rotatable bonds is 8. The third-order valence-electron chi connectivity index (χ3n) is 7.06. The second-order valence-electron chi connectivity index (χ2n) is 9.93. The van der Waals surface area contributed by atoms with Crippen LogP contribution in [0.15, 0.2) is 108 Å². The first kappa shape index (κ1) is 26.0. The SMILES string of the molecule is Cc1ccc(CN(C(=O)COc2ccccc2)C2CC(=O)N(c3ccc(-c4nc5ccccc5o4)cc3)C2=O)cc1. The Kier molecular flexibility index (Phi) is 7.04. The molecule has 0 spiro atoms. The molecule has 8 nitrogen and oxygen atoms in total. The molecule has 4 aromatic carbocycles. The van der Waals surface area contributed by atoms with Gasteiger partial charge in [-0.3, -0.25) is 14.4 Å². The van der Waals surface area contributed by atoms with Gasteiger partial charge in [0.05, 0.1) is 12.1 Å². The summed E-state index contributed by atoms with van der Waals surface area (Å²) in [7, 11) is 0. The van der Waals surface area contributed by atoms with Crippen LogP contribution in [0.4, 0.5) is 5.69 Å². The zero-order valence-electron chi connectivity index (χ0n) is 22.4. The maximum absolute atomic E-state index is 13.7. The number of fused-ring (bicyclic) bond motifs is 1. The van der Waals surface area contributed by atoms with E-state index in [1.807, 2.05) is 73.7 Å². The largest absolute Gasteiger partial charge is 0.484 e. The van der Waals surface area contributed by atoms with E-state index in [1.54, 1.807) is 36.4 Å². The molecule has 0 N–H and O–H groups in total. The van der Waals surface area contributed by atoms with Crippen LogP contribution in [-0.4, -0.2) is 40.3 Å². The van der Waals surface area contributed by atoms with Crippen molar-refractivity contribution < 1.29 is 23.5 Å². The van der Waals surface area contributed by atoms with Gasteiger partial charge in [0, 0.05) is 12.1 Å². The standard InChI is InChI=1S/C33H27N3O5/c1-22-11-13-23(14-12-22)20-35(31(38)21-40-26-7-3-2-4-8-26)28-19-30(37)36(33(28)39)25-17-15-24(16-18-25)32-34-27-9-5-6-10-29(27)41-32/h2-18,28H,19-21H2,1H3. The minimum atomic E-state index is -0.951. The predicted molar refractivity (Wildman–Crippen MR) is 154 cm³/mol. The lowest BCUT2D eigenvalue weighted by Crippen LogP contribution is -2.46. The molecule has 6 rings (SSSR count). The minimum Gasteiger partial charge on any atom is -0.484 e. The zero-order chi connectivity index (χ0) is 28.3. The maximum Gasteiger partial charge on any atom is 0.261 e. The normalized spacial score (nSPS) is 15.0. The molecule has 0 radical (unpaired) electrons. The van der Waals surface area contributed by atoms with Gasteiger partial charge in [-0.25, -0.2) is 9.88 Å². The van der Waals surface area contributed by atoms with E-state index in [1.165, 1.54) is 4.90 Å². The van der Waals surface area contributed by atoms with Gasteiger partial charge in [0.1, 0.15) is 17.3 Å². The number of aromatic nitrogens is 1. The van der Waals surface area contributed by atoms with Crippen molar-refractivity contribution in [1.29, 1.82) is 0 Å². The Balaban J connectivity index is 1.23. The molecule has 1 fully saturated rings. The number of carbonyl (C=O) groups is 3. The van der Waals surface area contributed by atoms with Crippen LogP contribution in [0.1, 0.15) is 17.5 Å². The molecule has 41 heavy (non-hydrogen) atoms. The topological polar surface area (TPSA) is 92.9 Å². The van der Waals surface area contributed by atoms with Gasteiger partial charge >= 0.3 is 0 Å². The summed E-state index contributed by atoms with van der Waals surface area (Å²) in [6, 6.07) is 30.2. The Morgan fingerprint density at radius 2 is 1.63 bits per heavy atom. The fraction of sp³-hybridized carbons (Fsp3) is 0.152. The summed E-state index contributed by atoms with van der Waals surface area (Å²) >= 11 is 0. The van der Waals surface area contributed by atoms with Crippen molar-refractivity contribution in [2.24, 2.45) is 0 Å². The third kappa shape index (κ3) is 5.45. The van der Waals surface area contributed by atoms with Gasteiger partial charge in [-0.1, -0.05) is 60.2 Å². The number of hydrogen-bond donors (Lipinski definition) is 0. The van der Waals surface area contributed by atoms with E-state index in [0.717, 1.165) is 27.1 Å². The highest BCUT2D eigenvalue weighted by atomic mass is 16.5. The number of aryl methyl sites for hydroxylation is 1. The van der Waals surface area contributed by atoms with Crippen LogP contribution in [0, 0.1) is 6.92 Å². The number of benzene rings is 4. The van der Waals surface area contributed by atoms with E-state index in [0.29, 0.717) is 22.9 Å². The van der Waals surface area contributed by atoms with Crippen molar-refractivity contribution in [1.82, 2.24) is 9.88 Å². The molecular weight excluding hydrogens is 518 g/mol. The molecule has 1 aliphatic heterocycles. The number of amides is 3. The van der Waals surface area contributed by atoms with Crippen LogP contribution in [0.5, 0.6) is 5.75 Å². The first-order valence-corrected chi connectivity index (χ1v) is 13.3. The number of ether oxygens (including phenoxy) is 1. The number of para-hydroxylation sites is 3. The fourth-order valence-corrected chi connectivity index (χ4v) is 4.89. The van der Waals surface area contributed by atoms with Crippen molar-refractivity contribution >= 4 is 34.5 Å². The molecule has 5 aromatic rings. The van der Waals surface area contributed by atoms with Gasteiger partial charge in [0.2, 0.25) is 11.8 Å². The van der Waals surface area contributed by atoms with Gasteiger partial charge in [-0.05, 0) is 61.0 Å². The van der Waals surface area contributed by atoms with Crippen LogP contribution >= 0.6 is 0 Å². The second kappa shape index (κ2) is 11.1. The summed E-state index contributed by atoms with van der Waals surface area (Å²) < 4.78 is 11.5. The van der Waals surface area contributed by atoms with E-state index >= 15 is 0 Å². The Hall–Kier alpha value is -5.24. The van der Waals surface area contributed by atoms with E-state index in [4.69, 9.17) is 9.15 Å². The molecule has 0 saturated carbocycles. The first-order chi connectivity index (χ1) is 20.0. The molecule has 3 amide bonds. The van der Waals surface area contributed by atoms with E-state index in [2.05, 4.69) is 4.98 Å². The average Bonchev–Trinajstić information content (AvgIpc) is 3.56. The van der Waals surface area contributed by atoms with Crippen molar-refractivity contribution in [3.8, 4) is 17.2 Å². The lowest BCUT2D eigenvalue weighted by atomic mass is 10.1. The zero-order valence-corrected chi connectivity index (χ0v) is 22.4. The predicted octanol–water partition coefficient (Wildman–Crippen LogP) is 5.54. The highest BCUT2D eigenvalue weighted by molar-refractivity contribution is 6.23. The molecule has 204 valence electrons. The van der Waals surface area contributed by atoms with Crippen molar-refractivity contribution in [3.05, 3.63) is 114 Å². The molecule has 0 aliphatic carbocycles. The van der Waals surface area contributed by atoms with Crippen LogP contribution in [0.3, 0.4) is 0 Å². The molecular formula is C33H27N3O5. The Labute approximate surface area is 236 Å². The molecule has 1 aliphatic rings. The number of nitrogens with zero attached hydrogens (tertiary/aromatic N) is 3. The van der Waals surface area contributed by atoms with Crippen LogP contribution < -0.4 is 9.64 Å². The fourth-order valence-electron chi connectivity index (χ4n) is 4.89.